The first-order valence-electron chi connectivity index (χ1n) is 21.5. The van der Waals surface area contributed by atoms with Crippen LogP contribution in [0.2, 0.25) is 0 Å². The molecule has 1 amide bonds. The molecule has 5 aliphatic rings. The molecule has 7 rings (SSSR count). The molecule has 0 spiro atoms. The minimum atomic E-state index is -2.39. The van der Waals surface area contributed by atoms with Crippen LogP contribution in [0.1, 0.15) is 109 Å². The van der Waals surface area contributed by atoms with Gasteiger partial charge in [-0.15, -0.1) is 0 Å². The van der Waals surface area contributed by atoms with Gasteiger partial charge in [0.1, 0.15) is 23.9 Å². The third kappa shape index (κ3) is 7.97. The Morgan fingerprint density at radius 3 is 2.25 bits per heavy atom. The number of thiophene rings is 1. The first kappa shape index (κ1) is 46.3. The summed E-state index contributed by atoms with van der Waals surface area (Å²) >= 11 is 1.25. The fourth-order valence-electron chi connectivity index (χ4n) is 10.7. The summed E-state index contributed by atoms with van der Waals surface area (Å²) in [5.41, 5.74) is -7.18. The van der Waals surface area contributed by atoms with Crippen molar-refractivity contribution < 1.29 is 72.5 Å². The number of alkyl carbamates (subject to hydrolysis) is 1. The number of aliphatic hydroxyl groups is 3. The third-order valence-electron chi connectivity index (χ3n) is 14.2. The molecule has 3 saturated carbocycles. The van der Waals surface area contributed by atoms with Crippen LogP contribution in [0, 0.1) is 22.7 Å². The van der Waals surface area contributed by atoms with E-state index in [1.54, 1.807) is 69.6 Å². The molecule has 11 atom stereocenters. The van der Waals surface area contributed by atoms with E-state index in [-0.39, 0.29) is 29.7 Å². The summed E-state index contributed by atoms with van der Waals surface area (Å²) in [5, 5.41) is 43.5. The molecule has 2 aromatic rings. The van der Waals surface area contributed by atoms with Crippen LogP contribution in [-0.2, 0) is 47.6 Å². The molecule has 342 valence electrons. The Balaban J connectivity index is 1.41. The summed E-state index contributed by atoms with van der Waals surface area (Å²) in [4.78, 5) is 84.5. The molecule has 2 bridgehead atoms. The second kappa shape index (κ2) is 17.4. The first-order valence-corrected chi connectivity index (χ1v) is 22.4. The predicted octanol–water partition coefficient (Wildman–Crippen LogP) is 4.67. The number of carbonyl (C=O) groups excluding carboxylic acids is 6. The van der Waals surface area contributed by atoms with Crippen molar-refractivity contribution in [3.8, 4) is 0 Å². The highest BCUT2D eigenvalue weighted by Crippen LogP contribution is 2.64. The van der Waals surface area contributed by atoms with Gasteiger partial charge in [0, 0.05) is 25.2 Å². The lowest BCUT2D eigenvalue weighted by molar-refractivity contribution is -0.346. The number of benzene rings is 1. The van der Waals surface area contributed by atoms with Crippen LogP contribution in [0.25, 0.3) is 0 Å². The van der Waals surface area contributed by atoms with Crippen LogP contribution >= 0.6 is 11.3 Å². The molecule has 63 heavy (non-hydrogen) atoms. The average Bonchev–Trinajstić information content (AvgIpc) is 3.97. The molecule has 17 heteroatoms. The van der Waals surface area contributed by atoms with E-state index in [4.69, 9.17) is 28.4 Å². The summed E-state index contributed by atoms with van der Waals surface area (Å²) in [6, 6.07) is 8.15. The zero-order valence-electron chi connectivity index (χ0n) is 36.5. The maximum absolute atomic E-state index is 15.8. The number of rotatable bonds is 11. The highest BCUT2D eigenvalue weighted by Gasteiger charge is 2.78. The first-order chi connectivity index (χ1) is 29.7. The number of amides is 1. The van der Waals surface area contributed by atoms with E-state index in [1.165, 1.54) is 37.3 Å². The molecule has 16 nitrogen and oxygen atoms in total. The molecule has 4 fully saturated rings. The van der Waals surface area contributed by atoms with E-state index in [2.05, 4.69) is 5.32 Å². The van der Waals surface area contributed by atoms with E-state index in [0.717, 1.165) is 12.8 Å². The van der Waals surface area contributed by atoms with E-state index in [9.17, 15) is 39.3 Å². The molecular weight excluding hydrogens is 839 g/mol. The molecule has 2 heterocycles. The van der Waals surface area contributed by atoms with Crippen molar-refractivity contribution in [2.24, 2.45) is 22.7 Å². The molecule has 1 saturated heterocycles. The van der Waals surface area contributed by atoms with Crippen molar-refractivity contribution in [3.63, 3.8) is 0 Å². The largest absolute Gasteiger partial charge is 0.456 e. The van der Waals surface area contributed by atoms with E-state index < -0.39 is 125 Å². The van der Waals surface area contributed by atoms with Crippen LogP contribution in [-0.4, -0.2) is 112 Å². The Bertz CT molecular complexity index is 2130. The van der Waals surface area contributed by atoms with Gasteiger partial charge in [0.15, 0.2) is 23.6 Å². The number of aliphatic hydroxyl groups excluding tert-OH is 2. The summed E-state index contributed by atoms with van der Waals surface area (Å²) in [6.07, 6.45) is -9.31. The van der Waals surface area contributed by atoms with Crippen LogP contribution in [0.3, 0.4) is 0 Å². The van der Waals surface area contributed by atoms with Gasteiger partial charge in [-0.05, 0) is 86.2 Å². The number of nitrogens with one attached hydrogen (secondary N) is 1. The van der Waals surface area contributed by atoms with Gasteiger partial charge in [-0.1, -0.05) is 44.9 Å². The Labute approximate surface area is 369 Å². The Hall–Kier alpha value is -4.68. The molecule has 1 aliphatic heterocycles. The fraction of sp³-hybridized carbons (Fsp3) is 0.609. The highest BCUT2D eigenvalue weighted by atomic mass is 32.1. The van der Waals surface area contributed by atoms with Gasteiger partial charge in [0.2, 0.25) is 0 Å². The Morgan fingerprint density at radius 2 is 1.67 bits per heavy atom. The SMILES string of the molecule is CC(=O)O[C@@]12CO[C@@H]1CC(O)[C@@]1(C)C(=O)C(OC(=O)C3CCCC3)C3=C(C)[C@@H](OC(=O)[C@H](O)[C@@H](NC(=O)OC(C)C)c4ccsc4)C[C@@](O)([C@@H](OC(=O)c4ccccc4)C12)C3(C)C. The minimum absolute atomic E-state index is 0.0362. The topological polar surface area (TPSA) is 231 Å². The van der Waals surface area contributed by atoms with Gasteiger partial charge in [-0.2, -0.15) is 11.3 Å². The van der Waals surface area contributed by atoms with Crippen molar-refractivity contribution in [1.82, 2.24) is 5.32 Å². The molecule has 1 aromatic carbocycles. The third-order valence-corrected chi connectivity index (χ3v) is 14.9. The number of hydrogen-bond acceptors (Lipinski definition) is 16. The fourth-order valence-corrected chi connectivity index (χ4v) is 11.4. The van der Waals surface area contributed by atoms with Gasteiger partial charge in [-0.25, -0.2) is 14.4 Å². The van der Waals surface area contributed by atoms with Gasteiger partial charge in [0.25, 0.3) is 0 Å². The molecule has 1 aromatic heterocycles. The smallest absolute Gasteiger partial charge is 0.407 e. The quantitative estimate of drug-likeness (QED) is 0.136. The Kier molecular flexibility index (Phi) is 12.8. The van der Waals surface area contributed by atoms with Crippen LogP contribution in [0.15, 0.2) is 58.3 Å². The summed E-state index contributed by atoms with van der Waals surface area (Å²) in [7, 11) is 0. The summed E-state index contributed by atoms with van der Waals surface area (Å²) in [6.45, 7) is 10.3. The number of esters is 4. The maximum atomic E-state index is 15.8. The number of Topliss-reactive ketones (excluding diaryl/α,β-unsaturated/α-hetero) is 1. The number of fused-ring (bicyclic) bond motifs is 5. The van der Waals surface area contributed by atoms with Gasteiger partial charge in [0.05, 0.1) is 47.7 Å². The standard InChI is InChI=1S/C46H57NO15S/c1-23(2)58-42(55)47-33(28-17-18-63-21-28)34(50)41(54)59-29-20-46(56)38(61-40(53)27-13-9-8-10-14-27)36-44(7,30(49)19-31-45(36,22-57-31)62-25(4)48)37(51)35(32(24(29)3)43(46,5)6)60-39(52)26-15-11-12-16-26/h8-10,13-14,17-18,21,23,26,29-31,33-36,38,49-50,56H,11-12,15-16,19-20,22H2,1-7H3,(H,47,55)/t29-,30?,31+,33-,34+,35?,36?,38-,44+,45-,46+/m0/s1. The molecule has 4 aliphatic carbocycles. The second-order valence-corrected chi connectivity index (χ2v) is 19.3. The highest BCUT2D eigenvalue weighted by molar-refractivity contribution is 7.08. The average molecular weight is 896 g/mol. The lowest BCUT2D eigenvalue weighted by atomic mass is 9.44. The van der Waals surface area contributed by atoms with Gasteiger partial charge >= 0.3 is 30.0 Å². The number of carbonyl (C=O) groups is 6. The zero-order valence-corrected chi connectivity index (χ0v) is 37.3. The van der Waals surface area contributed by atoms with Crippen molar-refractivity contribution in [2.45, 2.75) is 147 Å². The number of hydrogen-bond donors (Lipinski definition) is 4. The van der Waals surface area contributed by atoms with Crippen molar-refractivity contribution in [1.29, 1.82) is 0 Å². The van der Waals surface area contributed by atoms with Crippen LogP contribution in [0.4, 0.5) is 4.79 Å². The normalized spacial score (nSPS) is 33.3. The van der Waals surface area contributed by atoms with E-state index >= 15 is 4.79 Å². The maximum Gasteiger partial charge on any atom is 0.407 e. The van der Waals surface area contributed by atoms with Gasteiger partial charge < -0.3 is 49.1 Å². The second-order valence-electron chi connectivity index (χ2n) is 18.6. The Morgan fingerprint density at radius 1 is 0.984 bits per heavy atom. The lowest BCUT2D eigenvalue weighted by Crippen LogP contribution is -2.82. The van der Waals surface area contributed by atoms with Crippen LogP contribution < -0.4 is 5.32 Å². The van der Waals surface area contributed by atoms with Gasteiger partial charge in [-0.3, -0.25) is 14.4 Å². The molecule has 3 unspecified atom stereocenters. The molecular formula is C46H57NO15S. The number of ether oxygens (including phenoxy) is 6. The van der Waals surface area contributed by atoms with E-state index in [0.29, 0.717) is 18.4 Å². The molecule has 4 N–H and O–H groups in total. The summed E-state index contributed by atoms with van der Waals surface area (Å²) in [5.74, 6) is -6.50. The zero-order chi connectivity index (χ0) is 45.8. The lowest BCUT2D eigenvalue weighted by Gasteiger charge is -2.67. The number of ketones is 1. The van der Waals surface area contributed by atoms with E-state index in [1.807, 2.05) is 0 Å². The monoisotopic (exact) mass is 895 g/mol. The minimum Gasteiger partial charge on any atom is -0.456 e. The van der Waals surface area contributed by atoms with Crippen LogP contribution in [0.5, 0.6) is 0 Å². The summed E-state index contributed by atoms with van der Waals surface area (Å²) < 4.78 is 36.1. The van der Waals surface area contributed by atoms with Crippen molar-refractivity contribution in [3.05, 3.63) is 69.4 Å². The van der Waals surface area contributed by atoms with Crippen molar-refractivity contribution in [2.75, 3.05) is 6.61 Å². The molecule has 0 radical (unpaired) electrons. The van der Waals surface area contributed by atoms with Crippen molar-refractivity contribution >= 4 is 47.1 Å². The predicted molar refractivity (Wildman–Crippen MR) is 223 cm³/mol.